The fourth-order valence-corrected chi connectivity index (χ4v) is 6.08. The second-order valence-corrected chi connectivity index (χ2v) is 12.6. The Morgan fingerprint density at radius 2 is 1.98 bits per heavy atom. The molecule has 0 radical (unpaired) electrons. The molecule has 2 aliphatic rings. The Morgan fingerprint density at radius 1 is 1.17 bits per heavy atom. The summed E-state index contributed by atoms with van der Waals surface area (Å²) in [6.07, 6.45) is 7.30. The number of hydrogen-bond acceptors (Lipinski definition) is 7. The Bertz CT molecular complexity index is 1180. The zero-order valence-corrected chi connectivity index (χ0v) is 25.5. The summed E-state index contributed by atoms with van der Waals surface area (Å²) in [6.45, 7) is 8.15. The van der Waals surface area contributed by atoms with Gasteiger partial charge in [-0.2, -0.15) is 0 Å². The number of hydrogen-bond donors (Lipinski definition) is 1. The second kappa shape index (κ2) is 14.6. The van der Waals surface area contributed by atoms with Crippen LogP contribution in [0.5, 0.6) is 11.5 Å². The molecule has 0 aromatic heterocycles. The first-order valence-corrected chi connectivity index (χ1v) is 15.2. The number of carbonyl (C=O) groups is 2. The smallest absolute Gasteiger partial charge is 0.407 e. The lowest BCUT2D eigenvalue weighted by Crippen LogP contribution is -2.43. The van der Waals surface area contributed by atoms with E-state index in [0.717, 1.165) is 34.8 Å². The molecule has 222 valence electrons. The van der Waals surface area contributed by atoms with E-state index < -0.39 is 11.7 Å². The summed E-state index contributed by atoms with van der Waals surface area (Å²) < 4.78 is 19.5. The number of methoxy groups -OCH3 is 1. The molecule has 0 saturated carbocycles. The lowest BCUT2D eigenvalue weighted by Gasteiger charge is -2.31. The highest BCUT2D eigenvalue weighted by Gasteiger charge is 2.32. The molecule has 1 N–H and O–H groups in total. The molecule has 41 heavy (non-hydrogen) atoms. The predicted molar refractivity (Wildman–Crippen MR) is 162 cm³/mol. The van der Waals surface area contributed by atoms with Crippen molar-refractivity contribution in [3.8, 4) is 11.5 Å². The number of ether oxygens (including phenoxy) is 3. The fourth-order valence-electron chi connectivity index (χ4n) is 5.03. The van der Waals surface area contributed by atoms with Crippen LogP contribution in [0.25, 0.3) is 0 Å². The van der Waals surface area contributed by atoms with Gasteiger partial charge in [-0.1, -0.05) is 42.5 Å². The van der Waals surface area contributed by atoms with Gasteiger partial charge in [0.2, 0.25) is 5.91 Å². The van der Waals surface area contributed by atoms with E-state index in [4.69, 9.17) is 14.2 Å². The van der Waals surface area contributed by atoms with Crippen molar-refractivity contribution in [3.05, 3.63) is 66.2 Å². The third-order valence-corrected chi connectivity index (χ3v) is 8.15. The van der Waals surface area contributed by atoms with Gasteiger partial charge in [0.05, 0.1) is 18.6 Å². The molecule has 2 atom stereocenters. The van der Waals surface area contributed by atoms with Crippen LogP contribution in [0.2, 0.25) is 0 Å². The first-order valence-electron chi connectivity index (χ1n) is 14.4. The third-order valence-electron chi connectivity index (χ3n) is 7.03. The van der Waals surface area contributed by atoms with Gasteiger partial charge < -0.3 is 24.4 Å². The maximum Gasteiger partial charge on any atom is 0.407 e. The number of alkyl carbamates (subject to hydrolysis) is 1. The van der Waals surface area contributed by atoms with Crippen LogP contribution in [-0.2, 0) is 16.0 Å². The standard InChI is InChI=1S/C32H43N3O5S/c1-32(2,3)40-31(37)33-25(21-24-11-7-5-8-12-24)17-19-34-23-26-13-16-30(36)35(26)18-9-6-10-20-39-28-22-27(38-4)14-15-29(28)41-34/h5-9,11-12,14-15,22,25-26H,10,13,16-21,23H2,1-4H3,(H,33,37)/b9-6+/t25-,26-/m1/s1. The van der Waals surface area contributed by atoms with Gasteiger partial charge in [0, 0.05) is 44.2 Å². The van der Waals surface area contributed by atoms with Crippen molar-refractivity contribution in [2.75, 3.05) is 33.4 Å². The summed E-state index contributed by atoms with van der Waals surface area (Å²) in [5.74, 6) is 1.72. The van der Waals surface area contributed by atoms with Gasteiger partial charge in [-0.3, -0.25) is 4.79 Å². The van der Waals surface area contributed by atoms with Crippen molar-refractivity contribution in [3.63, 3.8) is 0 Å². The maximum atomic E-state index is 12.8. The summed E-state index contributed by atoms with van der Waals surface area (Å²) in [5.41, 5.74) is 0.571. The highest BCUT2D eigenvalue weighted by molar-refractivity contribution is 7.97. The van der Waals surface area contributed by atoms with E-state index in [1.165, 1.54) is 0 Å². The highest BCUT2D eigenvalue weighted by Crippen LogP contribution is 2.36. The Morgan fingerprint density at radius 3 is 2.73 bits per heavy atom. The number of benzene rings is 2. The maximum absolute atomic E-state index is 12.8. The normalized spacial score (nSPS) is 19.9. The molecule has 8 nitrogen and oxygen atoms in total. The number of rotatable bonds is 7. The molecule has 1 saturated heterocycles. The van der Waals surface area contributed by atoms with Crippen LogP contribution < -0.4 is 14.8 Å². The highest BCUT2D eigenvalue weighted by atomic mass is 32.2. The van der Waals surface area contributed by atoms with Crippen molar-refractivity contribution in [2.45, 2.75) is 75.5 Å². The minimum atomic E-state index is -0.579. The van der Waals surface area contributed by atoms with Gasteiger partial charge in [-0.05, 0) is 76.1 Å². The van der Waals surface area contributed by atoms with E-state index in [2.05, 4.69) is 33.9 Å². The van der Waals surface area contributed by atoms with E-state index in [1.807, 2.05) is 62.1 Å². The van der Waals surface area contributed by atoms with E-state index in [0.29, 0.717) is 45.5 Å². The van der Waals surface area contributed by atoms with Gasteiger partial charge in [0.1, 0.15) is 17.1 Å². The zero-order chi connectivity index (χ0) is 29.2. The molecule has 2 heterocycles. The minimum absolute atomic E-state index is 0.120. The largest absolute Gasteiger partial charge is 0.497 e. The molecule has 2 amide bonds. The Hall–Kier alpha value is -3.17. The zero-order valence-electron chi connectivity index (χ0n) is 24.6. The molecule has 4 rings (SSSR count). The molecule has 1 fully saturated rings. The number of carbonyl (C=O) groups excluding carboxylic acids is 2. The molecular formula is C32H43N3O5S. The molecule has 0 spiro atoms. The molecule has 2 aromatic carbocycles. The topological polar surface area (TPSA) is 80.3 Å². The van der Waals surface area contributed by atoms with Crippen LogP contribution in [-0.4, -0.2) is 72.2 Å². The van der Waals surface area contributed by atoms with Gasteiger partial charge in [0.25, 0.3) is 0 Å². The minimum Gasteiger partial charge on any atom is -0.497 e. The third kappa shape index (κ3) is 9.71. The van der Waals surface area contributed by atoms with Crippen molar-refractivity contribution in [2.24, 2.45) is 0 Å². The number of nitrogens with one attached hydrogen (secondary N) is 1. The quantitative estimate of drug-likeness (QED) is 0.324. The van der Waals surface area contributed by atoms with E-state index in [-0.39, 0.29) is 18.0 Å². The molecule has 0 unspecified atom stereocenters. The molecule has 9 heteroatoms. The van der Waals surface area contributed by atoms with Crippen LogP contribution in [0, 0.1) is 0 Å². The average Bonchev–Trinajstić information content (AvgIpc) is 3.27. The van der Waals surface area contributed by atoms with Crippen molar-refractivity contribution >= 4 is 23.9 Å². The Balaban J connectivity index is 1.56. The summed E-state index contributed by atoms with van der Waals surface area (Å²) in [6, 6.07) is 16.1. The fraction of sp³-hybridized carbons (Fsp3) is 0.500. The van der Waals surface area contributed by atoms with E-state index in [9.17, 15) is 9.59 Å². The molecule has 2 aliphatic heterocycles. The van der Waals surface area contributed by atoms with Crippen LogP contribution >= 0.6 is 11.9 Å². The first-order chi connectivity index (χ1) is 19.7. The number of fused-ring (bicyclic) bond motifs is 2. The predicted octanol–water partition coefficient (Wildman–Crippen LogP) is 5.86. The van der Waals surface area contributed by atoms with Gasteiger partial charge in [-0.15, -0.1) is 0 Å². The van der Waals surface area contributed by atoms with E-state index >= 15 is 0 Å². The Labute approximate surface area is 248 Å². The summed E-state index contributed by atoms with van der Waals surface area (Å²) in [5, 5.41) is 3.11. The van der Waals surface area contributed by atoms with Crippen LogP contribution in [0.15, 0.2) is 65.6 Å². The van der Waals surface area contributed by atoms with Gasteiger partial charge in [0.15, 0.2) is 0 Å². The van der Waals surface area contributed by atoms with Crippen molar-refractivity contribution in [1.82, 2.24) is 14.5 Å². The van der Waals surface area contributed by atoms with Crippen LogP contribution in [0.1, 0.15) is 52.0 Å². The summed E-state index contributed by atoms with van der Waals surface area (Å²) >= 11 is 1.63. The summed E-state index contributed by atoms with van der Waals surface area (Å²) in [7, 11) is 1.65. The second-order valence-electron chi connectivity index (χ2n) is 11.5. The lowest BCUT2D eigenvalue weighted by molar-refractivity contribution is -0.128. The average molecular weight is 582 g/mol. The first kappa shape index (κ1) is 30.8. The molecule has 0 aliphatic carbocycles. The number of amides is 2. The van der Waals surface area contributed by atoms with Crippen LogP contribution in [0.3, 0.4) is 0 Å². The summed E-state index contributed by atoms with van der Waals surface area (Å²) in [4.78, 5) is 28.5. The molecule has 0 bridgehead atoms. The van der Waals surface area contributed by atoms with Crippen molar-refractivity contribution < 1.29 is 23.8 Å². The van der Waals surface area contributed by atoms with Crippen molar-refractivity contribution in [1.29, 1.82) is 0 Å². The van der Waals surface area contributed by atoms with Crippen LogP contribution in [0.4, 0.5) is 4.79 Å². The Kier molecular flexibility index (Phi) is 11.0. The van der Waals surface area contributed by atoms with Gasteiger partial charge >= 0.3 is 6.09 Å². The molecule has 2 aromatic rings. The van der Waals surface area contributed by atoms with E-state index in [1.54, 1.807) is 19.1 Å². The lowest BCUT2D eigenvalue weighted by atomic mass is 10.0. The molecular weight excluding hydrogens is 538 g/mol. The SMILES string of the molecule is COc1ccc2c(c1)OCC/C=C/CN1C(=O)CC[C@@H]1CN(CC[C@H](Cc1ccccc1)NC(=O)OC(C)(C)C)S2. The monoisotopic (exact) mass is 581 g/mol. The number of nitrogens with zero attached hydrogens (tertiary/aromatic N) is 2. The van der Waals surface area contributed by atoms with Gasteiger partial charge in [-0.25, -0.2) is 9.10 Å².